The number of hydrogen-bond acceptors (Lipinski definition) is 1. The van der Waals surface area contributed by atoms with Crippen LogP contribution in [0.1, 0.15) is 11.1 Å². The molecule has 0 bridgehead atoms. The second-order valence-corrected chi connectivity index (χ2v) is 3.85. The molecule has 0 amide bonds. The Morgan fingerprint density at radius 2 is 1.29 bits per heavy atom. The van der Waals surface area contributed by atoms with Crippen molar-refractivity contribution in [3.63, 3.8) is 0 Å². The maximum atomic E-state index is 4.21. The molecule has 2 heteroatoms. The highest BCUT2D eigenvalue weighted by Gasteiger charge is 2.20. The SMILES string of the molecule is C1=C(c2ccccc2)N=[N+]=C1c1ccccc1. The topological polar surface area (TPSA) is 26.5 Å². The maximum absolute atomic E-state index is 4.21. The van der Waals surface area contributed by atoms with E-state index in [1.54, 1.807) is 0 Å². The van der Waals surface area contributed by atoms with Crippen LogP contribution in [0.25, 0.3) is 5.70 Å². The van der Waals surface area contributed by atoms with Crippen molar-refractivity contribution in [2.45, 2.75) is 0 Å². The Labute approximate surface area is 99.7 Å². The number of benzene rings is 2. The summed E-state index contributed by atoms with van der Waals surface area (Å²) in [5.41, 5.74) is 4.04. The Morgan fingerprint density at radius 1 is 0.706 bits per heavy atom. The standard InChI is InChI=1S/C15H11N2/c1-3-7-12(8-4-1)14-11-15(17-16-14)13-9-5-2-6-10-13/h1-11H/q+1. The van der Waals surface area contributed by atoms with Crippen molar-refractivity contribution in [2.24, 2.45) is 5.11 Å². The van der Waals surface area contributed by atoms with Gasteiger partial charge in [0.25, 0.3) is 0 Å². The lowest BCUT2D eigenvalue weighted by Crippen LogP contribution is -1.95. The molecule has 2 aromatic carbocycles. The molecule has 2 nitrogen and oxygen atoms in total. The molecule has 0 atom stereocenters. The van der Waals surface area contributed by atoms with Gasteiger partial charge in [0, 0.05) is 5.56 Å². The van der Waals surface area contributed by atoms with Gasteiger partial charge < -0.3 is 0 Å². The van der Waals surface area contributed by atoms with Crippen LogP contribution >= 0.6 is 0 Å². The van der Waals surface area contributed by atoms with Gasteiger partial charge in [-0.15, -0.1) is 0 Å². The normalized spacial score (nSPS) is 13.4. The summed E-state index contributed by atoms with van der Waals surface area (Å²) in [4.78, 5) is 4.21. The van der Waals surface area contributed by atoms with Crippen LogP contribution in [0.2, 0.25) is 0 Å². The van der Waals surface area contributed by atoms with E-state index in [1.807, 2.05) is 66.7 Å². The average molecular weight is 219 g/mol. The van der Waals surface area contributed by atoms with Gasteiger partial charge in [-0.1, -0.05) is 48.5 Å². The van der Waals surface area contributed by atoms with Crippen LogP contribution in [-0.4, -0.2) is 10.5 Å². The Bertz CT molecular complexity index is 618. The summed E-state index contributed by atoms with van der Waals surface area (Å²) in [6.45, 7) is 0. The van der Waals surface area contributed by atoms with Crippen molar-refractivity contribution < 1.29 is 4.79 Å². The van der Waals surface area contributed by atoms with Gasteiger partial charge in [0.2, 0.25) is 0 Å². The molecule has 17 heavy (non-hydrogen) atoms. The van der Waals surface area contributed by atoms with Crippen LogP contribution in [0.4, 0.5) is 0 Å². The number of nitrogens with zero attached hydrogens (tertiary/aromatic N) is 2. The van der Waals surface area contributed by atoms with E-state index in [-0.39, 0.29) is 0 Å². The van der Waals surface area contributed by atoms with Gasteiger partial charge in [-0.2, -0.15) is 0 Å². The molecule has 0 aromatic heterocycles. The molecule has 80 valence electrons. The molecule has 0 N–H and O–H groups in total. The second kappa shape index (κ2) is 4.20. The molecule has 0 radical (unpaired) electrons. The number of allylic oxidation sites excluding steroid dienone is 1. The first-order valence-corrected chi connectivity index (χ1v) is 5.55. The van der Waals surface area contributed by atoms with E-state index >= 15 is 0 Å². The molecule has 1 aliphatic rings. The fourth-order valence-corrected chi connectivity index (χ4v) is 1.79. The summed E-state index contributed by atoms with van der Waals surface area (Å²) >= 11 is 0. The Morgan fingerprint density at radius 3 is 1.94 bits per heavy atom. The fourth-order valence-electron chi connectivity index (χ4n) is 1.79. The van der Waals surface area contributed by atoms with Crippen LogP contribution < -0.4 is 0 Å². The van der Waals surface area contributed by atoms with Crippen molar-refractivity contribution in [1.29, 1.82) is 0 Å². The van der Waals surface area contributed by atoms with Gasteiger partial charge in [-0.05, 0) is 12.1 Å². The quantitative estimate of drug-likeness (QED) is 0.693. The van der Waals surface area contributed by atoms with Crippen molar-refractivity contribution in [3.05, 3.63) is 77.9 Å². The third-order valence-electron chi connectivity index (χ3n) is 2.68. The van der Waals surface area contributed by atoms with E-state index in [9.17, 15) is 0 Å². The van der Waals surface area contributed by atoms with Gasteiger partial charge >= 0.3 is 5.71 Å². The molecule has 0 saturated carbocycles. The van der Waals surface area contributed by atoms with Gasteiger partial charge in [0.1, 0.15) is 5.11 Å². The minimum absolute atomic E-state index is 0.921. The molecule has 3 rings (SSSR count). The lowest BCUT2D eigenvalue weighted by atomic mass is 10.1. The minimum Gasteiger partial charge on any atom is -0.0622 e. The summed E-state index contributed by atoms with van der Waals surface area (Å²) in [7, 11) is 0. The second-order valence-electron chi connectivity index (χ2n) is 3.85. The first-order valence-electron chi connectivity index (χ1n) is 5.55. The van der Waals surface area contributed by atoms with E-state index in [0.29, 0.717) is 0 Å². The predicted octanol–water partition coefficient (Wildman–Crippen LogP) is 3.19. The Balaban J connectivity index is 1.95. The molecule has 0 unspecified atom stereocenters. The van der Waals surface area contributed by atoms with Crippen molar-refractivity contribution in [2.75, 3.05) is 0 Å². The lowest BCUT2D eigenvalue weighted by Gasteiger charge is -1.91. The number of rotatable bonds is 2. The fraction of sp³-hybridized carbons (Fsp3) is 0. The van der Waals surface area contributed by atoms with Crippen molar-refractivity contribution in [3.8, 4) is 0 Å². The maximum Gasteiger partial charge on any atom is 0.375 e. The van der Waals surface area contributed by atoms with Crippen LogP contribution in [-0.2, 0) is 0 Å². The predicted molar refractivity (Wildman–Crippen MR) is 67.7 cm³/mol. The largest absolute Gasteiger partial charge is 0.375 e. The third kappa shape index (κ3) is 1.94. The summed E-state index contributed by atoms with van der Waals surface area (Å²) in [5.74, 6) is 0. The Kier molecular flexibility index (Phi) is 2.41. The molecular weight excluding hydrogens is 208 g/mol. The third-order valence-corrected chi connectivity index (χ3v) is 2.68. The number of hydrogen-bond donors (Lipinski definition) is 0. The van der Waals surface area contributed by atoms with E-state index < -0.39 is 0 Å². The van der Waals surface area contributed by atoms with Crippen molar-refractivity contribution in [1.82, 2.24) is 0 Å². The van der Waals surface area contributed by atoms with Crippen LogP contribution in [0.15, 0.2) is 71.9 Å². The molecule has 2 aromatic rings. The van der Waals surface area contributed by atoms with Gasteiger partial charge in [0.15, 0.2) is 5.70 Å². The molecule has 0 aliphatic carbocycles. The monoisotopic (exact) mass is 219 g/mol. The zero-order valence-electron chi connectivity index (χ0n) is 9.25. The summed E-state index contributed by atoms with van der Waals surface area (Å²) in [5, 5.41) is 4.21. The highest BCUT2D eigenvalue weighted by atomic mass is 15.1. The first-order chi connectivity index (χ1) is 8.43. The Hall–Kier alpha value is -2.44. The first kappa shape index (κ1) is 9.76. The average Bonchev–Trinajstić information content (AvgIpc) is 2.90. The van der Waals surface area contributed by atoms with Gasteiger partial charge in [-0.3, -0.25) is 0 Å². The summed E-state index contributed by atoms with van der Waals surface area (Å²) in [6, 6.07) is 20.2. The molecule has 1 aliphatic heterocycles. The minimum atomic E-state index is 0.921. The van der Waals surface area contributed by atoms with Gasteiger partial charge in [-0.25, -0.2) is 0 Å². The molecule has 0 fully saturated rings. The zero-order chi connectivity index (χ0) is 11.5. The van der Waals surface area contributed by atoms with Crippen molar-refractivity contribution >= 4 is 11.4 Å². The lowest BCUT2D eigenvalue weighted by molar-refractivity contribution is -0.0692. The van der Waals surface area contributed by atoms with Crippen LogP contribution in [0.3, 0.4) is 0 Å². The summed E-state index contributed by atoms with van der Waals surface area (Å²) in [6.07, 6.45) is 2.02. The van der Waals surface area contributed by atoms with E-state index in [2.05, 4.69) is 9.90 Å². The highest BCUT2D eigenvalue weighted by molar-refractivity contribution is 6.09. The smallest absolute Gasteiger partial charge is 0.0622 e. The van der Waals surface area contributed by atoms with Gasteiger partial charge in [0.05, 0.1) is 16.4 Å². The highest BCUT2D eigenvalue weighted by Crippen LogP contribution is 2.18. The molecule has 1 heterocycles. The van der Waals surface area contributed by atoms with E-state index in [4.69, 9.17) is 0 Å². The molecule has 0 saturated heterocycles. The molecule has 0 spiro atoms. The van der Waals surface area contributed by atoms with Crippen LogP contribution in [0.5, 0.6) is 0 Å². The van der Waals surface area contributed by atoms with E-state index in [1.165, 1.54) is 0 Å². The molecular formula is C15H11N2+. The van der Waals surface area contributed by atoms with Crippen LogP contribution in [0, 0.1) is 0 Å². The summed E-state index contributed by atoms with van der Waals surface area (Å²) < 4.78 is 0. The van der Waals surface area contributed by atoms with E-state index in [0.717, 1.165) is 22.5 Å². The zero-order valence-corrected chi connectivity index (χ0v) is 9.25.